The van der Waals surface area contributed by atoms with Crippen molar-refractivity contribution in [3.8, 4) is 17.1 Å². The molecular formula is C48H55F2N11O7. The van der Waals surface area contributed by atoms with Crippen LogP contribution in [0.4, 0.5) is 26.0 Å². The normalized spacial score (nSPS) is 17.7. The van der Waals surface area contributed by atoms with Gasteiger partial charge in [-0.2, -0.15) is 5.10 Å². The highest BCUT2D eigenvalue weighted by molar-refractivity contribution is 6.05. The Bertz CT molecular complexity index is 2580. The lowest BCUT2D eigenvalue weighted by molar-refractivity contribution is -0.136. The fraction of sp³-hybridized carbons (Fsp3) is 0.438. The first kappa shape index (κ1) is 46.5. The second kappa shape index (κ2) is 21.6. The summed E-state index contributed by atoms with van der Waals surface area (Å²) in [5.41, 5.74) is 3.84. The molecular weight excluding hydrogens is 881 g/mol. The van der Waals surface area contributed by atoms with E-state index in [-0.39, 0.29) is 35.5 Å². The number of anilines is 3. The number of hydrogen-bond acceptors (Lipinski definition) is 14. The number of piperidine rings is 2. The molecule has 358 valence electrons. The van der Waals surface area contributed by atoms with E-state index in [2.05, 4.69) is 46.6 Å². The van der Waals surface area contributed by atoms with Gasteiger partial charge in [-0.3, -0.25) is 24.5 Å². The number of hydrogen-bond donors (Lipinski definition) is 5. The van der Waals surface area contributed by atoms with Crippen LogP contribution in [0.5, 0.6) is 0 Å². The van der Waals surface area contributed by atoms with Crippen LogP contribution in [0, 0.1) is 5.92 Å². The van der Waals surface area contributed by atoms with Crippen molar-refractivity contribution in [1.29, 1.82) is 0 Å². The lowest BCUT2D eigenvalue weighted by Gasteiger charge is -2.32. The molecule has 5 aromatic rings. The monoisotopic (exact) mass is 935 g/mol. The molecule has 4 amide bonds. The Morgan fingerprint density at radius 2 is 1.75 bits per heavy atom. The van der Waals surface area contributed by atoms with Crippen LogP contribution in [-0.2, 0) is 32.2 Å². The maximum absolute atomic E-state index is 14.1. The number of amides is 4. The Hall–Kier alpha value is -6.61. The van der Waals surface area contributed by atoms with E-state index in [1.54, 1.807) is 35.4 Å². The van der Waals surface area contributed by atoms with E-state index < -0.39 is 30.0 Å². The van der Waals surface area contributed by atoms with Gasteiger partial charge in [0.25, 0.3) is 18.2 Å². The Kier molecular flexibility index (Phi) is 14.7. The number of carbonyl (C=O) groups excluding carboxylic acids is 4. The molecule has 0 bridgehead atoms. The van der Waals surface area contributed by atoms with Gasteiger partial charge in [0.2, 0.25) is 17.7 Å². The van der Waals surface area contributed by atoms with Crippen molar-refractivity contribution in [3.63, 3.8) is 0 Å². The van der Waals surface area contributed by atoms with Crippen LogP contribution in [-0.4, -0.2) is 124 Å². The fourth-order valence-corrected chi connectivity index (χ4v) is 8.57. The minimum absolute atomic E-state index is 0.0674. The lowest BCUT2D eigenvalue weighted by Crippen LogP contribution is -2.52. The molecule has 1 saturated carbocycles. The Labute approximate surface area is 391 Å². The maximum atomic E-state index is 14.1. The Morgan fingerprint density at radius 3 is 2.53 bits per heavy atom. The van der Waals surface area contributed by atoms with Crippen molar-refractivity contribution in [1.82, 2.24) is 40.2 Å². The molecule has 2 saturated heterocycles. The van der Waals surface area contributed by atoms with Crippen LogP contribution in [0.1, 0.15) is 82.6 Å². The largest absolute Gasteiger partial charge is 0.444 e. The summed E-state index contributed by atoms with van der Waals surface area (Å²) >= 11 is 0. The van der Waals surface area contributed by atoms with Crippen LogP contribution in [0.2, 0.25) is 0 Å². The highest BCUT2D eigenvalue weighted by atomic mass is 19.3. The number of fused-ring (bicyclic) bond motifs is 1. The summed E-state index contributed by atoms with van der Waals surface area (Å²) in [4.78, 5) is 62.6. The lowest BCUT2D eigenvalue weighted by atomic mass is 10.0. The van der Waals surface area contributed by atoms with Crippen LogP contribution >= 0.6 is 0 Å². The summed E-state index contributed by atoms with van der Waals surface area (Å²) in [7, 11) is 0. The van der Waals surface area contributed by atoms with E-state index in [9.17, 15) is 28.0 Å². The number of nitrogens with one attached hydrogen (secondary N) is 5. The molecule has 0 spiro atoms. The molecule has 6 heterocycles. The summed E-state index contributed by atoms with van der Waals surface area (Å²) in [6.45, 7) is 7.24. The van der Waals surface area contributed by atoms with Crippen molar-refractivity contribution >= 4 is 40.8 Å². The number of pyridine rings is 1. The summed E-state index contributed by atoms with van der Waals surface area (Å²) in [6.07, 6.45) is 6.17. The van der Waals surface area contributed by atoms with E-state index in [1.807, 2.05) is 30.3 Å². The zero-order valence-electron chi connectivity index (χ0n) is 37.6. The number of aromatic nitrogens is 4. The molecule has 3 fully saturated rings. The number of halogens is 2. The molecule has 2 aromatic carbocycles. The highest BCUT2D eigenvalue weighted by Gasteiger charge is 2.39. The smallest absolute Gasteiger partial charge is 0.284 e. The molecule has 20 heteroatoms. The van der Waals surface area contributed by atoms with Gasteiger partial charge in [0, 0.05) is 81.3 Å². The van der Waals surface area contributed by atoms with Gasteiger partial charge in [-0.25, -0.2) is 23.4 Å². The molecule has 3 aromatic heterocycles. The number of alkyl halides is 2. The SMILES string of the molecule is O=C1CCC(N2Cc3cc(NC4CCN(CCOCCOCCNCc5ccc(-n6cc(NC(=O)c7coc(-c8ccnc(NCC9CC9)c8)n7)c(C(F)F)n6)cc5)CC4)ccc3C2=O)C(=O)N1. The molecule has 1 atom stereocenters. The third kappa shape index (κ3) is 11.7. The maximum Gasteiger partial charge on any atom is 0.284 e. The van der Waals surface area contributed by atoms with Crippen LogP contribution in [0.3, 0.4) is 0 Å². The van der Waals surface area contributed by atoms with Gasteiger partial charge in [-0.1, -0.05) is 12.1 Å². The first-order valence-corrected chi connectivity index (χ1v) is 23.2. The first-order chi connectivity index (χ1) is 33.1. The zero-order valence-corrected chi connectivity index (χ0v) is 37.6. The number of imide groups is 1. The van der Waals surface area contributed by atoms with E-state index in [1.165, 1.54) is 30.0 Å². The van der Waals surface area contributed by atoms with Crippen LogP contribution in [0.15, 0.2) is 77.7 Å². The molecule has 0 radical (unpaired) electrons. The third-order valence-electron chi connectivity index (χ3n) is 12.6. The van der Waals surface area contributed by atoms with Crippen molar-refractivity contribution in [3.05, 3.63) is 101 Å². The van der Waals surface area contributed by atoms with Gasteiger partial charge in [0.05, 0.1) is 44.0 Å². The Morgan fingerprint density at radius 1 is 0.941 bits per heavy atom. The second-order valence-electron chi connectivity index (χ2n) is 17.5. The van der Waals surface area contributed by atoms with Crippen LogP contribution in [0.25, 0.3) is 17.1 Å². The average Bonchev–Trinajstić information content (AvgIpc) is 3.70. The second-order valence-corrected chi connectivity index (χ2v) is 17.5. The average molecular weight is 936 g/mol. The highest BCUT2D eigenvalue weighted by Crippen LogP contribution is 2.32. The summed E-state index contributed by atoms with van der Waals surface area (Å²) in [6, 6.07) is 16.2. The molecule has 18 nitrogen and oxygen atoms in total. The fourth-order valence-electron chi connectivity index (χ4n) is 8.57. The summed E-state index contributed by atoms with van der Waals surface area (Å²) in [5.74, 6) is -0.0412. The number of oxazole rings is 1. The standard InChI is InChI=1S/C48H55F2N11O7/c49-44(50)43-38(55-45(63)39-29-68-47(56-39)32-11-14-52-41(24-32)53-26-31-1-2-31)28-61(58-43)36-6-3-30(4-7-36)25-51-15-19-66-21-22-67-20-18-59-16-12-34(13-17-59)54-35-5-8-37-33(23-35)27-60(48(37)65)40-9-10-42(62)57-46(40)64/h3-8,11,14,23-24,28-29,31,34,40,44,51,54H,1-2,9-10,12-13,15-22,25-27H2,(H,52,53)(H,55,63)(H,57,62,64). The number of benzene rings is 2. The minimum atomic E-state index is -2.93. The van der Waals surface area contributed by atoms with Crippen molar-refractivity contribution in [2.24, 2.45) is 5.92 Å². The Balaban J connectivity index is 0.628. The van der Waals surface area contributed by atoms with Crippen molar-refractivity contribution in [2.75, 3.05) is 75.1 Å². The molecule has 3 aliphatic heterocycles. The predicted molar refractivity (Wildman–Crippen MR) is 246 cm³/mol. The first-order valence-electron chi connectivity index (χ1n) is 23.2. The third-order valence-corrected chi connectivity index (χ3v) is 12.6. The topological polar surface area (TPSA) is 210 Å². The molecule has 1 unspecified atom stereocenters. The zero-order chi connectivity index (χ0) is 47.0. The molecule has 68 heavy (non-hydrogen) atoms. The van der Waals surface area contributed by atoms with Gasteiger partial charge >= 0.3 is 0 Å². The summed E-state index contributed by atoms with van der Waals surface area (Å²) in [5, 5.41) is 19.2. The van der Waals surface area contributed by atoms with Gasteiger partial charge in [-0.05, 0) is 91.6 Å². The summed E-state index contributed by atoms with van der Waals surface area (Å²) < 4.78 is 46.5. The van der Waals surface area contributed by atoms with E-state index >= 15 is 0 Å². The molecule has 1 aliphatic carbocycles. The predicted octanol–water partition coefficient (Wildman–Crippen LogP) is 5.39. The van der Waals surface area contributed by atoms with Crippen LogP contribution < -0.4 is 26.6 Å². The van der Waals surface area contributed by atoms with Gasteiger partial charge < -0.3 is 45.0 Å². The number of ether oxygens (including phenoxy) is 2. The quantitative estimate of drug-likeness (QED) is 0.0435. The van der Waals surface area contributed by atoms with E-state index in [0.717, 1.165) is 55.8 Å². The number of rotatable bonds is 22. The van der Waals surface area contributed by atoms with E-state index in [0.29, 0.717) is 87.1 Å². The molecule has 4 aliphatic rings. The van der Waals surface area contributed by atoms with Gasteiger partial charge in [-0.15, -0.1) is 0 Å². The van der Waals surface area contributed by atoms with Crippen molar-refractivity contribution < 1.29 is 41.8 Å². The minimum Gasteiger partial charge on any atom is -0.444 e. The van der Waals surface area contributed by atoms with Gasteiger partial charge in [0.15, 0.2) is 11.4 Å². The number of carbonyl (C=O) groups is 4. The number of likely N-dealkylation sites (tertiary alicyclic amines) is 1. The number of nitrogens with zero attached hydrogens (tertiary/aromatic N) is 6. The van der Waals surface area contributed by atoms with Gasteiger partial charge in [0.1, 0.15) is 18.1 Å². The van der Waals surface area contributed by atoms with E-state index in [4.69, 9.17) is 13.9 Å². The van der Waals surface area contributed by atoms with Crippen molar-refractivity contribution in [2.45, 2.75) is 70.1 Å². The molecule has 5 N–H and O–H groups in total. The molecule has 9 rings (SSSR count).